The van der Waals surface area contributed by atoms with Crippen LogP contribution in [0, 0.1) is 0 Å². The van der Waals surface area contributed by atoms with Crippen LogP contribution in [0.3, 0.4) is 0 Å². The molecule has 3 nitrogen and oxygen atoms in total. The Hall–Kier alpha value is -18.0. The minimum absolute atomic E-state index is 0.584. The van der Waals surface area contributed by atoms with Gasteiger partial charge in [-0.1, -0.05) is 431 Å². The van der Waals surface area contributed by atoms with E-state index < -0.39 is 21.7 Å². The molecule has 0 fully saturated rings. The molecule has 23 aromatic carbocycles. The third kappa shape index (κ3) is 11.5. The Labute approximate surface area is 818 Å². The second-order valence-electron chi connectivity index (χ2n) is 38.7. The van der Waals surface area contributed by atoms with Crippen molar-refractivity contribution in [3.8, 4) is 72.7 Å². The van der Waals surface area contributed by atoms with E-state index >= 15 is 0 Å². The lowest BCUT2D eigenvalue weighted by Crippen LogP contribution is -2.52. The van der Waals surface area contributed by atoms with Crippen molar-refractivity contribution in [3.63, 3.8) is 0 Å². The molecule has 0 N–H and O–H groups in total. The van der Waals surface area contributed by atoms with Crippen LogP contribution < -0.4 is 0 Å². The van der Waals surface area contributed by atoms with E-state index in [1.165, 1.54) is 232 Å². The summed E-state index contributed by atoms with van der Waals surface area (Å²) in [6, 6.07) is 203. The van der Waals surface area contributed by atoms with Crippen LogP contribution in [-0.2, 0) is 21.7 Å². The van der Waals surface area contributed by atoms with Gasteiger partial charge in [0.05, 0.1) is 54.8 Å². The van der Waals surface area contributed by atoms with Gasteiger partial charge in [-0.25, -0.2) is 0 Å². The summed E-state index contributed by atoms with van der Waals surface area (Å²) in [5.41, 5.74) is 41.1. The number of para-hydroxylation sites is 6. The van der Waals surface area contributed by atoms with Crippen LogP contribution in [0.2, 0.25) is 0 Å². The SMILES string of the molecule is c1ccc(-c2ccc(-c3ccc4c(c3)C3(c5ccccc5)c5ccccc5C4(c4cccc(-n5c6ccccc6c6ccccc65)c4)c4ccc(-c5ccccc5)cc43)cc2)cc1.c1ccc2c(c1)C1(c3ccc(-n4c5ccccc5c5ccccc54)cc3)c3ccc(-c4ccc5ccccc5c4)cc3C2(c2ccc(-n3c4ccccc4c4ccccc43)cc2)c2cc(-c3ccc4ccccc4c3)ccc21. The van der Waals surface area contributed by atoms with E-state index in [2.05, 4.69) is 554 Å². The van der Waals surface area contributed by atoms with Gasteiger partial charge in [-0.2, -0.15) is 0 Å². The summed E-state index contributed by atoms with van der Waals surface area (Å²) in [6.07, 6.45) is 0. The molecular formula is C138H89N3. The van der Waals surface area contributed by atoms with Gasteiger partial charge in [0.2, 0.25) is 0 Å². The fourth-order valence-corrected chi connectivity index (χ4v) is 26.1. The maximum atomic E-state index is 2.56. The maximum absolute atomic E-state index is 2.56. The van der Waals surface area contributed by atoms with Crippen molar-refractivity contribution in [1.82, 2.24) is 13.7 Å². The molecule has 3 heteroatoms. The monoisotopic (exact) mass is 1790 g/mol. The van der Waals surface area contributed by atoms with Gasteiger partial charge in [0.15, 0.2) is 0 Å². The summed E-state index contributed by atoms with van der Waals surface area (Å²) in [5.74, 6) is 0. The first kappa shape index (κ1) is 80.3. The first-order chi connectivity index (χ1) is 69.9. The molecule has 0 aliphatic heterocycles. The highest BCUT2D eigenvalue weighted by atomic mass is 15.0. The average molecular weight is 1790 g/mol. The van der Waals surface area contributed by atoms with Crippen LogP contribution in [0.4, 0.5) is 0 Å². The molecule has 4 bridgehead atoms. The predicted molar refractivity (Wildman–Crippen MR) is 586 cm³/mol. The van der Waals surface area contributed by atoms with Crippen molar-refractivity contribution in [3.05, 3.63) is 629 Å². The summed E-state index contributed by atoms with van der Waals surface area (Å²) in [7, 11) is 0. The first-order valence-corrected chi connectivity index (χ1v) is 49.2. The Morgan fingerprint density at radius 2 is 0.340 bits per heavy atom. The first-order valence-electron chi connectivity index (χ1n) is 49.2. The molecular weight excluding hydrogens is 1700 g/mol. The van der Waals surface area contributed by atoms with Crippen molar-refractivity contribution < 1.29 is 0 Å². The number of hydrogen-bond acceptors (Lipinski definition) is 0. The van der Waals surface area contributed by atoms with E-state index in [0.29, 0.717) is 0 Å². The van der Waals surface area contributed by atoms with E-state index in [9.17, 15) is 0 Å². The molecule has 3 heterocycles. The van der Waals surface area contributed by atoms with Gasteiger partial charge in [-0.3, -0.25) is 0 Å². The zero-order valence-electron chi connectivity index (χ0n) is 77.2. The summed E-state index contributed by atoms with van der Waals surface area (Å²) in [4.78, 5) is 0. The van der Waals surface area contributed by atoms with E-state index in [0.717, 1.165) is 17.1 Å². The molecule has 2 unspecified atom stereocenters. The van der Waals surface area contributed by atoms with E-state index in [4.69, 9.17) is 0 Å². The zero-order valence-corrected chi connectivity index (χ0v) is 77.2. The standard InChI is InChI=1S/C76H48N2.C62H41N/c1-3-17-51-45-53(31-29-49(51)15-1)55-33-43-67-69(47-55)76(58-37-41-60(42-38-58)78-73-27-13-7-21-63(73)64-22-8-14-28-74(64)78)66-24-10-9-23-65(66)75(67,68-44-34-56(48-70(68)76)54-32-30-50-16-2-4-18-52(50)46-54)57-35-39-59(40-36-57)77-71-25-11-5-19-61(71)62-20-6-12-26-72(62)77;1-4-17-42(18-5-1)44-31-33-45(34-32-44)47-36-38-56-58(40-47)61(48-21-8-3-9-22-48)53-27-12-13-28-54(53)62(56,55-37-35-46(39-57(55)61)43-19-6-2-7-20-43)49-23-16-24-50(41-49)63-59-29-14-10-25-51(59)52-26-11-15-30-60(52)63/h1-48H;1-41H. The van der Waals surface area contributed by atoms with Crippen molar-refractivity contribution in [2.45, 2.75) is 21.7 Å². The highest BCUT2D eigenvalue weighted by molar-refractivity contribution is 6.12. The van der Waals surface area contributed by atoms with Gasteiger partial charge in [0.25, 0.3) is 0 Å². The summed E-state index contributed by atoms with van der Waals surface area (Å²) < 4.78 is 7.33. The van der Waals surface area contributed by atoms with Crippen LogP contribution in [-0.4, -0.2) is 13.7 Å². The summed E-state index contributed by atoms with van der Waals surface area (Å²) in [5, 5.41) is 12.5. The van der Waals surface area contributed by atoms with Gasteiger partial charge in [-0.05, 0) is 275 Å². The molecule has 0 radical (unpaired) electrons. The van der Waals surface area contributed by atoms with E-state index in [1.54, 1.807) is 0 Å². The summed E-state index contributed by atoms with van der Waals surface area (Å²) >= 11 is 0. The Kier molecular flexibility index (Phi) is 17.8. The third-order valence-electron chi connectivity index (χ3n) is 32.0. The molecule has 0 spiro atoms. The normalized spacial score (nSPS) is 16.6. The lowest BCUT2D eigenvalue weighted by atomic mass is 9.44. The molecule has 6 aliphatic carbocycles. The van der Waals surface area contributed by atoms with Crippen molar-refractivity contribution in [2.24, 2.45) is 0 Å². The number of hydrogen-bond donors (Lipinski definition) is 0. The number of benzene rings is 23. The molecule has 2 atom stereocenters. The van der Waals surface area contributed by atoms with Crippen LogP contribution in [0.5, 0.6) is 0 Å². The number of aromatic nitrogens is 3. The molecule has 0 saturated heterocycles. The van der Waals surface area contributed by atoms with Crippen molar-refractivity contribution in [1.29, 1.82) is 0 Å². The van der Waals surface area contributed by atoms with Gasteiger partial charge in [0.1, 0.15) is 0 Å². The Balaban J connectivity index is 0.000000138. The molecule has 141 heavy (non-hydrogen) atoms. The molecule has 32 rings (SSSR count). The quantitative estimate of drug-likeness (QED) is 0.116. The second-order valence-corrected chi connectivity index (χ2v) is 38.7. The zero-order chi connectivity index (χ0) is 92.6. The van der Waals surface area contributed by atoms with Gasteiger partial charge in [0, 0.05) is 49.4 Å². The highest BCUT2D eigenvalue weighted by Gasteiger charge is 2.62. The largest absolute Gasteiger partial charge is 0.309 e. The van der Waals surface area contributed by atoms with Crippen molar-refractivity contribution >= 4 is 87.0 Å². The van der Waals surface area contributed by atoms with Gasteiger partial charge < -0.3 is 13.7 Å². The maximum Gasteiger partial charge on any atom is 0.0712 e. The number of fused-ring (bicyclic) bond motifs is 11. The van der Waals surface area contributed by atoms with E-state index in [1.807, 2.05) is 0 Å². The fraction of sp³-hybridized carbons (Fsp3) is 0.0290. The molecule has 3 aromatic heterocycles. The van der Waals surface area contributed by atoms with Crippen LogP contribution in [0.15, 0.2) is 540 Å². The topological polar surface area (TPSA) is 14.8 Å². The number of nitrogens with zero attached hydrogens (tertiary/aromatic N) is 3. The Morgan fingerprint density at radius 3 is 0.702 bits per heavy atom. The van der Waals surface area contributed by atoms with E-state index in [-0.39, 0.29) is 0 Å². The predicted octanol–water partition coefficient (Wildman–Crippen LogP) is 34.1. The lowest BCUT2D eigenvalue weighted by Gasteiger charge is -2.57. The lowest BCUT2D eigenvalue weighted by molar-refractivity contribution is 0.557. The van der Waals surface area contributed by atoms with Gasteiger partial charge >= 0.3 is 0 Å². The Morgan fingerprint density at radius 1 is 0.113 bits per heavy atom. The smallest absolute Gasteiger partial charge is 0.0712 e. The minimum Gasteiger partial charge on any atom is -0.309 e. The molecule has 0 saturated carbocycles. The molecule has 0 amide bonds. The third-order valence-corrected chi connectivity index (χ3v) is 32.0. The molecule has 26 aromatic rings. The van der Waals surface area contributed by atoms with Crippen LogP contribution in [0.25, 0.3) is 160 Å². The fourth-order valence-electron chi connectivity index (χ4n) is 26.1. The van der Waals surface area contributed by atoms with Gasteiger partial charge in [-0.15, -0.1) is 0 Å². The minimum atomic E-state index is -0.703. The second kappa shape index (κ2) is 31.3. The number of rotatable bonds is 12. The molecule has 656 valence electrons. The Bertz CT molecular complexity index is 9320. The summed E-state index contributed by atoms with van der Waals surface area (Å²) in [6.45, 7) is 0. The van der Waals surface area contributed by atoms with Crippen LogP contribution >= 0.6 is 0 Å². The highest BCUT2D eigenvalue weighted by Crippen LogP contribution is 2.70. The average Bonchev–Trinajstić information content (AvgIpc) is 1.61. The van der Waals surface area contributed by atoms with Crippen molar-refractivity contribution in [2.75, 3.05) is 0 Å². The van der Waals surface area contributed by atoms with Crippen LogP contribution in [0.1, 0.15) is 89.0 Å². The molecule has 6 aliphatic rings.